The van der Waals surface area contributed by atoms with E-state index in [1.165, 1.54) is 0 Å². The lowest BCUT2D eigenvalue weighted by Crippen LogP contribution is -2.52. The van der Waals surface area contributed by atoms with Crippen molar-refractivity contribution in [2.24, 2.45) is 0 Å². The Kier molecular flexibility index (Phi) is 3.06. The smallest absolute Gasteiger partial charge is 0.0948 e. The quantitative estimate of drug-likeness (QED) is 0.520. The zero-order valence-electron chi connectivity index (χ0n) is 7.58. The summed E-state index contributed by atoms with van der Waals surface area (Å²) >= 11 is 0. The largest absolute Gasteiger partial charge is 0.394 e. The molecule has 0 spiro atoms. The lowest BCUT2D eigenvalue weighted by Gasteiger charge is -2.28. The zero-order valence-corrected chi connectivity index (χ0v) is 7.58. The molecule has 0 aromatic carbocycles. The molecule has 4 nitrogen and oxygen atoms in total. The van der Waals surface area contributed by atoms with Crippen LogP contribution >= 0.6 is 0 Å². The highest BCUT2D eigenvalue weighted by molar-refractivity contribution is 4.88. The third-order valence-electron chi connectivity index (χ3n) is 2.02. The molecule has 1 aliphatic rings. The Hall–Kier alpha value is -0.160. The Labute approximate surface area is 72.5 Å². The van der Waals surface area contributed by atoms with Gasteiger partial charge in [-0.05, 0) is 13.8 Å². The van der Waals surface area contributed by atoms with Gasteiger partial charge in [0.05, 0.1) is 32.0 Å². The fourth-order valence-corrected chi connectivity index (χ4v) is 1.23. The maximum Gasteiger partial charge on any atom is 0.0948 e. The molecular weight excluding hydrogens is 158 g/mol. The van der Waals surface area contributed by atoms with Crippen molar-refractivity contribution in [3.05, 3.63) is 0 Å². The van der Waals surface area contributed by atoms with Crippen molar-refractivity contribution in [3.63, 3.8) is 0 Å². The zero-order chi connectivity index (χ0) is 9.19. The summed E-state index contributed by atoms with van der Waals surface area (Å²) in [5.41, 5.74) is -0.348. The van der Waals surface area contributed by atoms with E-state index in [1.807, 2.05) is 13.8 Å². The summed E-state index contributed by atoms with van der Waals surface area (Å²) in [5.74, 6) is 0. The minimum atomic E-state index is -0.448. The van der Waals surface area contributed by atoms with Crippen LogP contribution in [0.5, 0.6) is 0 Å². The fourth-order valence-electron chi connectivity index (χ4n) is 1.23. The van der Waals surface area contributed by atoms with Crippen molar-refractivity contribution in [1.29, 1.82) is 0 Å². The van der Waals surface area contributed by atoms with Gasteiger partial charge in [0.2, 0.25) is 0 Å². The van der Waals surface area contributed by atoms with E-state index in [0.29, 0.717) is 13.2 Å². The molecule has 2 unspecified atom stereocenters. The van der Waals surface area contributed by atoms with E-state index in [0.717, 1.165) is 0 Å². The predicted molar refractivity (Wildman–Crippen MR) is 44.9 cm³/mol. The molecule has 4 heteroatoms. The third kappa shape index (κ3) is 2.42. The van der Waals surface area contributed by atoms with Crippen molar-refractivity contribution in [3.8, 4) is 0 Å². The van der Waals surface area contributed by atoms with Crippen molar-refractivity contribution in [1.82, 2.24) is 5.32 Å². The Morgan fingerprint density at radius 2 is 2.17 bits per heavy atom. The van der Waals surface area contributed by atoms with Crippen LogP contribution < -0.4 is 5.32 Å². The minimum absolute atomic E-state index is 0.0489. The molecule has 0 amide bonds. The molecule has 0 aliphatic carbocycles. The molecule has 12 heavy (non-hydrogen) atoms. The highest BCUT2D eigenvalue weighted by Crippen LogP contribution is 2.10. The van der Waals surface area contributed by atoms with E-state index in [9.17, 15) is 5.11 Å². The molecule has 3 N–H and O–H groups in total. The van der Waals surface area contributed by atoms with Crippen LogP contribution in [0.4, 0.5) is 0 Å². The lowest BCUT2D eigenvalue weighted by molar-refractivity contribution is 0.110. The first-order valence-corrected chi connectivity index (χ1v) is 4.19. The molecule has 1 saturated heterocycles. The first-order chi connectivity index (χ1) is 5.55. The van der Waals surface area contributed by atoms with Gasteiger partial charge in [-0.2, -0.15) is 0 Å². The fraction of sp³-hybridized carbons (Fsp3) is 1.00. The summed E-state index contributed by atoms with van der Waals surface area (Å²) in [6.45, 7) is 4.73. The van der Waals surface area contributed by atoms with Crippen LogP contribution in [-0.4, -0.2) is 47.7 Å². The standard InChI is InChI=1S/C8H17NO3/c1-8(2,5-10)9-6-3-12-4-7(6)11/h6-7,9-11H,3-5H2,1-2H3. The summed E-state index contributed by atoms with van der Waals surface area (Å²) in [4.78, 5) is 0. The molecule has 1 rings (SSSR count). The van der Waals surface area contributed by atoms with Crippen molar-refractivity contribution < 1.29 is 14.9 Å². The summed E-state index contributed by atoms with van der Waals surface area (Å²) in [5, 5.41) is 21.5. The van der Waals surface area contributed by atoms with Crippen LogP contribution in [0.3, 0.4) is 0 Å². The van der Waals surface area contributed by atoms with Crippen molar-refractivity contribution in [2.75, 3.05) is 19.8 Å². The predicted octanol–water partition coefficient (Wildman–Crippen LogP) is -0.893. The van der Waals surface area contributed by atoms with E-state index < -0.39 is 6.10 Å². The number of ether oxygens (including phenoxy) is 1. The summed E-state index contributed by atoms with van der Waals surface area (Å²) < 4.78 is 5.07. The Bertz CT molecular complexity index is 149. The van der Waals surface area contributed by atoms with Crippen molar-refractivity contribution >= 4 is 0 Å². The van der Waals surface area contributed by atoms with E-state index in [1.54, 1.807) is 0 Å². The molecule has 0 bridgehead atoms. The second kappa shape index (κ2) is 3.70. The van der Waals surface area contributed by atoms with Gasteiger partial charge in [0.1, 0.15) is 0 Å². The second-order valence-corrected chi connectivity index (χ2v) is 3.90. The van der Waals surface area contributed by atoms with Crippen LogP contribution in [0.15, 0.2) is 0 Å². The van der Waals surface area contributed by atoms with Gasteiger partial charge in [0.15, 0.2) is 0 Å². The Balaban J connectivity index is 2.39. The molecule has 1 heterocycles. The maximum atomic E-state index is 9.38. The first kappa shape index (κ1) is 9.92. The molecule has 72 valence electrons. The van der Waals surface area contributed by atoms with Crippen molar-refractivity contribution in [2.45, 2.75) is 31.5 Å². The number of aliphatic hydroxyl groups is 2. The molecule has 1 aliphatic heterocycles. The number of nitrogens with one attached hydrogen (secondary N) is 1. The van der Waals surface area contributed by atoms with Gasteiger partial charge in [0.25, 0.3) is 0 Å². The van der Waals surface area contributed by atoms with Crippen LogP contribution in [0.1, 0.15) is 13.8 Å². The lowest BCUT2D eigenvalue weighted by atomic mass is 10.0. The summed E-state index contributed by atoms with van der Waals surface area (Å²) in [6.07, 6.45) is -0.448. The molecule has 0 radical (unpaired) electrons. The van der Waals surface area contributed by atoms with Crippen LogP contribution in [-0.2, 0) is 4.74 Å². The van der Waals surface area contributed by atoms with E-state index >= 15 is 0 Å². The number of hydrogen-bond donors (Lipinski definition) is 3. The van der Waals surface area contributed by atoms with E-state index in [2.05, 4.69) is 5.32 Å². The Morgan fingerprint density at radius 3 is 2.58 bits per heavy atom. The van der Waals surface area contributed by atoms with Gasteiger partial charge in [-0.15, -0.1) is 0 Å². The molecule has 0 aromatic heterocycles. The van der Waals surface area contributed by atoms with Gasteiger partial charge in [-0.1, -0.05) is 0 Å². The SMILES string of the molecule is CC(C)(CO)NC1COCC1O. The monoisotopic (exact) mass is 175 g/mol. The van der Waals surface area contributed by atoms with E-state index in [-0.39, 0.29) is 18.2 Å². The van der Waals surface area contributed by atoms with Gasteiger partial charge in [-0.3, -0.25) is 0 Å². The topological polar surface area (TPSA) is 61.7 Å². The molecule has 1 fully saturated rings. The Morgan fingerprint density at radius 1 is 1.50 bits per heavy atom. The second-order valence-electron chi connectivity index (χ2n) is 3.90. The van der Waals surface area contributed by atoms with Gasteiger partial charge in [-0.25, -0.2) is 0 Å². The number of aliphatic hydroxyl groups excluding tert-OH is 2. The van der Waals surface area contributed by atoms with E-state index in [4.69, 9.17) is 9.84 Å². The van der Waals surface area contributed by atoms with Crippen LogP contribution in [0, 0.1) is 0 Å². The highest BCUT2D eigenvalue weighted by atomic mass is 16.5. The normalized spacial score (nSPS) is 31.0. The molecular formula is C8H17NO3. The number of rotatable bonds is 3. The van der Waals surface area contributed by atoms with Crippen LogP contribution in [0.2, 0.25) is 0 Å². The highest BCUT2D eigenvalue weighted by Gasteiger charge is 2.30. The summed E-state index contributed by atoms with van der Waals surface area (Å²) in [7, 11) is 0. The minimum Gasteiger partial charge on any atom is -0.394 e. The van der Waals surface area contributed by atoms with Gasteiger partial charge < -0.3 is 20.3 Å². The number of hydrogen-bond acceptors (Lipinski definition) is 4. The van der Waals surface area contributed by atoms with Gasteiger partial charge in [0, 0.05) is 5.54 Å². The first-order valence-electron chi connectivity index (χ1n) is 4.19. The molecule has 0 saturated carbocycles. The maximum absolute atomic E-state index is 9.38. The average Bonchev–Trinajstić information content (AvgIpc) is 2.36. The molecule has 2 atom stereocenters. The summed E-state index contributed by atoms with van der Waals surface area (Å²) in [6, 6.07) is -0.0489. The average molecular weight is 175 g/mol. The molecule has 0 aromatic rings. The van der Waals surface area contributed by atoms with Crippen LogP contribution in [0.25, 0.3) is 0 Å². The van der Waals surface area contributed by atoms with Gasteiger partial charge >= 0.3 is 0 Å². The third-order valence-corrected chi connectivity index (χ3v) is 2.02.